The quantitative estimate of drug-likeness (QED) is 0.211. The van der Waals surface area contributed by atoms with Gasteiger partial charge < -0.3 is 9.32 Å². The van der Waals surface area contributed by atoms with Crippen molar-refractivity contribution in [2.45, 2.75) is 0 Å². The van der Waals surface area contributed by atoms with E-state index in [0.717, 1.165) is 44.5 Å². The summed E-state index contributed by atoms with van der Waals surface area (Å²) in [4.78, 5) is 7.05. The van der Waals surface area contributed by atoms with E-state index in [0.29, 0.717) is 0 Å². The predicted octanol–water partition coefficient (Wildman–Crippen LogP) is 11.6. The van der Waals surface area contributed by atoms with Gasteiger partial charge in [-0.2, -0.15) is 0 Å². The lowest BCUT2D eigenvalue weighted by Crippen LogP contribution is -2.09. The first-order chi connectivity index (χ1) is 21.3. The zero-order valence-electron chi connectivity index (χ0n) is 23.1. The number of thiophene rings is 1. The molecule has 9 rings (SSSR count). The van der Waals surface area contributed by atoms with Gasteiger partial charge in [-0.15, -0.1) is 11.3 Å². The number of nitrogens with zero attached hydrogens (tertiary/aromatic N) is 2. The van der Waals surface area contributed by atoms with Crippen LogP contribution in [0.1, 0.15) is 0 Å². The molecule has 202 valence electrons. The molecule has 0 saturated carbocycles. The van der Waals surface area contributed by atoms with Crippen LogP contribution in [0, 0.1) is 0 Å². The molecule has 0 radical (unpaired) electrons. The number of para-hydroxylation sites is 1. The summed E-state index contributed by atoms with van der Waals surface area (Å²) in [7, 11) is 0. The molecule has 0 aliphatic rings. The fourth-order valence-corrected chi connectivity index (χ4v) is 7.42. The van der Waals surface area contributed by atoms with Crippen molar-refractivity contribution in [1.29, 1.82) is 0 Å². The summed E-state index contributed by atoms with van der Waals surface area (Å²) in [6, 6.07) is 49.4. The second-order valence-corrected chi connectivity index (χ2v) is 11.9. The Morgan fingerprint density at radius 1 is 0.512 bits per heavy atom. The van der Waals surface area contributed by atoms with E-state index in [1.165, 1.54) is 36.7 Å². The van der Waals surface area contributed by atoms with Crippen LogP contribution in [0.15, 0.2) is 150 Å². The summed E-state index contributed by atoms with van der Waals surface area (Å²) in [6.45, 7) is 0. The maximum atomic E-state index is 6.32. The molecule has 3 nitrogen and oxygen atoms in total. The Morgan fingerprint density at radius 3 is 2.14 bits per heavy atom. The Bertz CT molecular complexity index is 2460. The Labute approximate surface area is 251 Å². The van der Waals surface area contributed by atoms with Gasteiger partial charge >= 0.3 is 0 Å². The van der Waals surface area contributed by atoms with Crippen LogP contribution in [0.5, 0.6) is 0 Å². The molecule has 43 heavy (non-hydrogen) atoms. The first kappa shape index (κ1) is 24.2. The average Bonchev–Trinajstić information content (AvgIpc) is 3.64. The number of anilines is 3. The second-order valence-electron chi connectivity index (χ2n) is 10.8. The van der Waals surface area contributed by atoms with Gasteiger partial charge in [0.2, 0.25) is 0 Å². The molecule has 9 aromatic rings. The van der Waals surface area contributed by atoms with E-state index in [1.807, 2.05) is 35.7 Å². The summed E-state index contributed by atoms with van der Waals surface area (Å²) < 4.78 is 8.80. The molecule has 0 bridgehead atoms. The van der Waals surface area contributed by atoms with Crippen LogP contribution >= 0.6 is 11.3 Å². The van der Waals surface area contributed by atoms with Crippen LogP contribution < -0.4 is 4.90 Å². The smallest absolute Gasteiger partial charge is 0.137 e. The summed E-state index contributed by atoms with van der Waals surface area (Å²) in [6.07, 6.45) is 1.88. The predicted molar refractivity (Wildman–Crippen MR) is 182 cm³/mol. The third-order valence-electron chi connectivity index (χ3n) is 8.30. The highest BCUT2D eigenvalue weighted by Crippen LogP contribution is 2.43. The standard InChI is InChI=1S/C39H24N2OS/c1-2-7-25(8-3-1)26-12-15-28(16-13-26)41(30-17-20-32-31-10-4-5-11-35(31)42-36(32)24-30)29-18-21-37-34(23-29)33-19-14-27-9-6-22-40-38(27)39(33)43-37/h1-24H. The maximum absolute atomic E-state index is 6.32. The van der Waals surface area contributed by atoms with Crippen LogP contribution in [0.2, 0.25) is 0 Å². The van der Waals surface area contributed by atoms with E-state index in [4.69, 9.17) is 9.40 Å². The van der Waals surface area contributed by atoms with Gasteiger partial charge in [-0.05, 0) is 65.7 Å². The van der Waals surface area contributed by atoms with Crippen LogP contribution in [0.4, 0.5) is 17.1 Å². The van der Waals surface area contributed by atoms with Gasteiger partial charge in [-0.1, -0.05) is 78.9 Å². The van der Waals surface area contributed by atoms with Gasteiger partial charge in [0.1, 0.15) is 11.2 Å². The topological polar surface area (TPSA) is 29.3 Å². The minimum Gasteiger partial charge on any atom is -0.456 e. The summed E-state index contributed by atoms with van der Waals surface area (Å²) in [5.74, 6) is 0. The Hall–Kier alpha value is -5.45. The third kappa shape index (κ3) is 3.92. The van der Waals surface area contributed by atoms with E-state index >= 15 is 0 Å². The van der Waals surface area contributed by atoms with Gasteiger partial charge in [-0.25, -0.2) is 0 Å². The number of hydrogen-bond acceptors (Lipinski definition) is 4. The number of furan rings is 1. The van der Waals surface area contributed by atoms with E-state index < -0.39 is 0 Å². The van der Waals surface area contributed by atoms with Crippen LogP contribution in [0.3, 0.4) is 0 Å². The van der Waals surface area contributed by atoms with Crippen molar-refractivity contribution in [3.05, 3.63) is 146 Å². The lowest BCUT2D eigenvalue weighted by molar-refractivity contribution is 0.669. The van der Waals surface area contributed by atoms with E-state index in [1.54, 1.807) is 0 Å². The molecule has 0 atom stereocenters. The molecule has 0 amide bonds. The van der Waals surface area contributed by atoms with Gasteiger partial charge in [0.25, 0.3) is 0 Å². The van der Waals surface area contributed by atoms with Crippen molar-refractivity contribution in [2.24, 2.45) is 0 Å². The number of benzene rings is 6. The number of pyridine rings is 1. The Balaban J connectivity index is 1.24. The fraction of sp³-hybridized carbons (Fsp3) is 0. The molecular formula is C39H24N2OS. The molecule has 0 N–H and O–H groups in total. The zero-order valence-corrected chi connectivity index (χ0v) is 23.9. The van der Waals surface area contributed by atoms with Crippen LogP contribution in [0.25, 0.3) is 64.1 Å². The highest BCUT2D eigenvalue weighted by atomic mass is 32.1. The van der Waals surface area contributed by atoms with E-state index in [-0.39, 0.29) is 0 Å². The van der Waals surface area contributed by atoms with Crippen LogP contribution in [-0.4, -0.2) is 4.98 Å². The maximum Gasteiger partial charge on any atom is 0.137 e. The number of rotatable bonds is 4. The first-order valence-electron chi connectivity index (χ1n) is 14.4. The third-order valence-corrected chi connectivity index (χ3v) is 9.50. The highest BCUT2D eigenvalue weighted by Gasteiger charge is 2.18. The molecule has 0 aliphatic heterocycles. The van der Waals surface area contributed by atoms with Gasteiger partial charge in [0.15, 0.2) is 0 Å². The second kappa shape index (κ2) is 9.55. The minimum absolute atomic E-state index is 0.879. The fourth-order valence-electron chi connectivity index (χ4n) is 6.23. The number of fused-ring (bicyclic) bond motifs is 8. The molecular weight excluding hydrogens is 545 g/mol. The van der Waals surface area contributed by atoms with Gasteiger partial charge in [0.05, 0.1) is 10.2 Å². The van der Waals surface area contributed by atoms with Crippen molar-refractivity contribution < 1.29 is 4.42 Å². The molecule has 3 aromatic heterocycles. The summed E-state index contributed by atoms with van der Waals surface area (Å²) in [5, 5.41) is 5.90. The summed E-state index contributed by atoms with van der Waals surface area (Å²) >= 11 is 1.81. The minimum atomic E-state index is 0.879. The molecule has 6 aromatic carbocycles. The molecule has 3 heterocycles. The Kier molecular flexibility index (Phi) is 5.37. The van der Waals surface area contributed by atoms with Crippen LogP contribution in [-0.2, 0) is 0 Å². The molecule has 0 saturated heterocycles. The van der Waals surface area contributed by atoms with Gasteiger partial charge in [-0.3, -0.25) is 4.98 Å². The SMILES string of the molecule is c1ccc(-c2ccc(N(c3ccc4c(c3)oc3ccccc34)c3ccc4sc5c(ccc6cccnc65)c4c3)cc2)cc1. The van der Waals surface area contributed by atoms with Crippen molar-refractivity contribution in [3.8, 4) is 11.1 Å². The first-order valence-corrected chi connectivity index (χ1v) is 15.2. The molecule has 0 aliphatic carbocycles. The lowest BCUT2D eigenvalue weighted by Gasteiger charge is -2.26. The molecule has 0 unspecified atom stereocenters. The summed E-state index contributed by atoms with van der Waals surface area (Å²) in [5.41, 5.74) is 8.46. The van der Waals surface area contributed by atoms with E-state index in [9.17, 15) is 0 Å². The average molecular weight is 569 g/mol. The monoisotopic (exact) mass is 568 g/mol. The largest absolute Gasteiger partial charge is 0.456 e. The van der Waals surface area contributed by atoms with Crippen molar-refractivity contribution in [1.82, 2.24) is 4.98 Å². The number of aromatic nitrogens is 1. The Morgan fingerprint density at radius 2 is 1.23 bits per heavy atom. The molecule has 0 spiro atoms. The van der Waals surface area contributed by atoms with Crippen molar-refractivity contribution >= 4 is 81.4 Å². The van der Waals surface area contributed by atoms with E-state index in [2.05, 4.69) is 126 Å². The number of hydrogen-bond donors (Lipinski definition) is 0. The molecule has 4 heteroatoms. The zero-order chi connectivity index (χ0) is 28.3. The molecule has 0 fully saturated rings. The highest BCUT2D eigenvalue weighted by molar-refractivity contribution is 7.26. The van der Waals surface area contributed by atoms with Gasteiger partial charge in [0, 0.05) is 61.0 Å². The van der Waals surface area contributed by atoms with Crippen molar-refractivity contribution in [2.75, 3.05) is 4.90 Å². The van der Waals surface area contributed by atoms with Crippen molar-refractivity contribution in [3.63, 3.8) is 0 Å². The lowest BCUT2D eigenvalue weighted by atomic mass is 10.0. The normalized spacial score (nSPS) is 11.7.